The van der Waals surface area contributed by atoms with Gasteiger partial charge in [0, 0.05) is 25.3 Å². The molecule has 6 heteroatoms. The summed E-state index contributed by atoms with van der Waals surface area (Å²) in [6, 6.07) is 12.6. The number of rotatable bonds is 8. The Labute approximate surface area is 171 Å². The van der Waals surface area contributed by atoms with Crippen LogP contribution in [0.25, 0.3) is 0 Å². The molecule has 1 aliphatic rings. The van der Waals surface area contributed by atoms with E-state index in [0.29, 0.717) is 12.6 Å². The van der Waals surface area contributed by atoms with E-state index in [2.05, 4.69) is 10.2 Å². The molecule has 0 aromatic heterocycles. The van der Waals surface area contributed by atoms with Gasteiger partial charge in [0.25, 0.3) is 0 Å². The zero-order chi connectivity index (χ0) is 21.0. The first-order chi connectivity index (χ1) is 13.8. The summed E-state index contributed by atoms with van der Waals surface area (Å²) < 4.78 is 13.1. The number of carbonyl (C=O) groups is 2. The van der Waals surface area contributed by atoms with E-state index in [-0.39, 0.29) is 30.7 Å². The highest BCUT2D eigenvalue weighted by Gasteiger charge is 2.31. The van der Waals surface area contributed by atoms with Gasteiger partial charge in [0.05, 0.1) is 13.1 Å². The maximum absolute atomic E-state index is 13.1. The first-order valence-corrected chi connectivity index (χ1v) is 9.92. The van der Waals surface area contributed by atoms with Gasteiger partial charge in [0.15, 0.2) is 0 Å². The molecule has 0 unspecified atom stereocenters. The van der Waals surface area contributed by atoms with Gasteiger partial charge in [-0.3, -0.25) is 14.5 Å². The van der Waals surface area contributed by atoms with Crippen LogP contribution in [0.15, 0.2) is 42.5 Å². The number of para-hydroxylation sites is 1. The van der Waals surface area contributed by atoms with Crippen molar-refractivity contribution in [3.05, 3.63) is 65.0 Å². The lowest BCUT2D eigenvalue weighted by molar-refractivity contribution is -0.134. The molecule has 0 bridgehead atoms. The summed E-state index contributed by atoms with van der Waals surface area (Å²) in [4.78, 5) is 28.7. The van der Waals surface area contributed by atoms with Gasteiger partial charge in [-0.05, 0) is 55.5 Å². The molecule has 2 aromatic rings. The highest BCUT2D eigenvalue weighted by molar-refractivity contribution is 5.95. The number of hydrogen-bond donors (Lipinski definition) is 1. The molecule has 0 aliphatic heterocycles. The van der Waals surface area contributed by atoms with Gasteiger partial charge in [-0.15, -0.1) is 0 Å². The Balaban J connectivity index is 1.55. The molecule has 0 radical (unpaired) electrons. The topological polar surface area (TPSA) is 52.7 Å². The number of nitrogens with zero attached hydrogens (tertiary/aromatic N) is 2. The normalized spacial score (nSPS) is 13.4. The van der Waals surface area contributed by atoms with Crippen molar-refractivity contribution in [3.63, 3.8) is 0 Å². The number of carbonyl (C=O) groups excluding carboxylic acids is 2. The molecule has 1 aliphatic carbocycles. The average molecular weight is 397 g/mol. The third-order valence-corrected chi connectivity index (χ3v) is 5.25. The lowest BCUT2D eigenvalue weighted by atomic mass is 10.1. The van der Waals surface area contributed by atoms with Crippen LogP contribution in [0.5, 0.6) is 0 Å². The maximum atomic E-state index is 13.1. The molecule has 1 fully saturated rings. The molecular weight excluding hydrogens is 369 g/mol. The number of anilines is 1. The number of hydrogen-bond acceptors (Lipinski definition) is 3. The van der Waals surface area contributed by atoms with E-state index >= 15 is 0 Å². The number of nitrogens with one attached hydrogen (secondary N) is 1. The molecule has 0 saturated heterocycles. The van der Waals surface area contributed by atoms with Crippen LogP contribution in [0, 0.1) is 19.7 Å². The van der Waals surface area contributed by atoms with Crippen molar-refractivity contribution in [2.24, 2.45) is 0 Å². The zero-order valence-electron chi connectivity index (χ0n) is 17.2. The monoisotopic (exact) mass is 397 g/mol. The molecular formula is C23H28FN3O2. The summed E-state index contributed by atoms with van der Waals surface area (Å²) in [5.74, 6) is -0.581. The Kier molecular flexibility index (Phi) is 6.64. The van der Waals surface area contributed by atoms with Gasteiger partial charge < -0.3 is 10.2 Å². The second-order valence-corrected chi connectivity index (χ2v) is 7.83. The third-order valence-electron chi connectivity index (χ3n) is 5.25. The van der Waals surface area contributed by atoms with Crippen molar-refractivity contribution in [3.8, 4) is 0 Å². The maximum Gasteiger partial charge on any atom is 0.243 e. The number of halogens is 1. The Bertz CT molecular complexity index is 858. The van der Waals surface area contributed by atoms with Crippen LogP contribution < -0.4 is 5.32 Å². The van der Waals surface area contributed by atoms with E-state index in [0.717, 1.165) is 35.2 Å². The molecule has 0 heterocycles. The van der Waals surface area contributed by atoms with Gasteiger partial charge in [0.2, 0.25) is 11.8 Å². The highest BCUT2D eigenvalue weighted by atomic mass is 19.1. The van der Waals surface area contributed by atoms with Crippen molar-refractivity contribution >= 4 is 17.5 Å². The van der Waals surface area contributed by atoms with Crippen molar-refractivity contribution < 1.29 is 14.0 Å². The van der Waals surface area contributed by atoms with Crippen LogP contribution in [-0.4, -0.2) is 47.8 Å². The molecule has 3 rings (SSSR count). The van der Waals surface area contributed by atoms with Crippen LogP contribution in [0.2, 0.25) is 0 Å². The molecule has 2 aromatic carbocycles. The molecule has 5 nitrogen and oxygen atoms in total. The lowest BCUT2D eigenvalue weighted by Crippen LogP contribution is -2.42. The summed E-state index contributed by atoms with van der Waals surface area (Å²) in [5, 5.41) is 2.92. The van der Waals surface area contributed by atoms with Gasteiger partial charge in [0.1, 0.15) is 5.82 Å². The summed E-state index contributed by atoms with van der Waals surface area (Å²) in [5.41, 5.74) is 3.76. The van der Waals surface area contributed by atoms with Crippen LogP contribution in [-0.2, 0) is 16.1 Å². The fourth-order valence-electron chi connectivity index (χ4n) is 3.37. The van der Waals surface area contributed by atoms with E-state index in [1.54, 1.807) is 19.2 Å². The van der Waals surface area contributed by atoms with Gasteiger partial charge in [-0.1, -0.05) is 30.3 Å². The lowest BCUT2D eigenvalue weighted by Gasteiger charge is -2.25. The third kappa shape index (κ3) is 5.87. The van der Waals surface area contributed by atoms with Gasteiger partial charge in [-0.2, -0.15) is 0 Å². The smallest absolute Gasteiger partial charge is 0.243 e. The predicted octanol–water partition coefficient (Wildman–Crippen LogP) is 3.50. The molecule has 1 N–H and O–H groups in total. The molecule has 0 spiro atoms. The SMILES string of the molecule is Cc1cccc(C)c1NC(=O)CN(C)C(=O)CN(Cc1ccc(F)cc1)C1CC1. The second-order valence-electron chi connectivity index (χ2n) is 7.83. The number of aryl methyl sites for hydroxylation is 2. The Morgan fingerprint density at radius 3 is 2.24 bits per heavy atom. The van der Waals surface area contributed by atoms with Gasteiger partial charge in [-0.25, -0.2) is 4.39 Å². The predicted molar refractivity (Wildman–Crippen MR) is 112 cm³/mol. The van der Waals surface area contributed by atoms with Crippen LogP contribution in [0.4, 0.5) is 10.1 Å². The largest absolute Gasteiger partial charge is 0.335 e. The van der Waals surface area contributed by atoms with Crippen molar-refractivity contribution in [2.45, 2.75) is 39.3 Å². The van der Waals surface area contributed by atoms with E-state index in [4.69, 9.17) is 0 Å². The summed E-state index contributed by atoms with van der Waals surface area (Å²) >= 11 is 0. The summed E-state index contributed by atoms with van der Waals surface area (Å²) in [6.45, 7) is 4.73. The first-order valence-electron chi connectivity index (χ1n) is 9.92. The van der Waals surface area contributed by atoms with E-state index in [1.807, 2.05) is 32.0 Å². The minimum absolute atomic E-state index is 0.00165. The van der Waals surface area contributed by atoms with E-state index in [9.17, 15) is 14.0 Å². The Morgan fingerprint density at radius 1 is 1.03 bits per heavy atom. The van der Waals surface area contributed by atoms with E-state index in [1.165, 1.54) is 17.0 Å². The minimum atomic E-state index is -0.266. The minimum Gasteiger partial charge on any atom is -0.335 e. The molecule has 29 heavy (non-hydrogen) atoms. The molecule has 0 atom stereocenters. The molecule has 2 amide bonds. The fraction of sp³-hybridized carbons (Fsp3) is 0.391. The number of benzene rings is 2. The Morgan fingerprint density at radius 2 is 1.66 bits per heavy atom. The first kappa shape index (κ1) is 21.0. The van der Waals surface area contributed by atoms with Crippen LogP contribution in [0.1, 0.15) is 29.5 Å². The highest BCUT2D eigenvalue weighted by Crippen LogP contribution is 2.28. The fourth-order valence-corrected chi connectivity index (χ4v) is 3.37. The standard InChI is InChI=1S/C23H28FN3O2/c1-16-5-4-6-17(2)23(16)25-21(28)14-26(3)22(29)15-27(20-11-12-20)13-18-7-9-19(24)10-8-18/h4-10,20H,11-15H2,1-3H3,(H,25,28). The molecule has 1 saturated carbocycles. The van der Waals surface area contributed by atoms with Crippen molar-refractivity contribution in [1.29, 1.82) is 0 Å². The van der Waals surface area contributed by atoms with Crippen molar-refractivity contribution in [1.82, 2.24) is 9.80 Å². The van der Waals surface area contributed by atoms with E-state index < -0.39 is 0 Å². The van der Waals surface area contributed by atoms with Crippen LogP contribution >= 0.6 is 0 Å². The second kappa shape index (κ2) is 9.18. The average Bonchev–Trinajstić information content (AvgIpc) is 3.51. The Hall–Kier alpha value is -2.73. The van der Waals surface area contributed by atoms with Crippen molar-refractivity contribution in [2.75, 3.05) is 25.5 Å². The number of amides is 2. The number of likely N-dealkylation sites (N-methyl/N-ethyl adjacent to an activating group) is 1. The zero-order valence-corrected chi connectivity index (χ0v) is 17.2. The molecule has 154 valence electrons. The summed E-state index contributed by atoms with van der Waals surface area (Å²) in [6.07, 6.45) is 2.12. The quantitative estimate of drug-likeness (QED) is 0.742. The van der Waals surface area contributed by atoms with Gasteiger partial charge >= 0.3 is 0 Å². The van der Waals surface area contributed by atoms with Crippen LogP contribution in [0.3, 0.4) is 0 Å². The summed E-state index contributed by atoms with van der Waals surface area (Å²) in [7, 11) is 1.65.